The SMILES string of the molecule is CCN1CCSC1=CC=C1CCn2c1[n+](C)c1cc(S(=O)(=O)N3CCCC3)ccc12. The summed E-state index contributed by atoms with van der Waals surface area (Å²) < 4.78 is 32.1. The summed E-state index contributed by atoms with van der Waals surface area (Å²) in [5.74, 6) is 2.34. The highest BCUT2D eigenvalue weighted by atomic mass is 32.2. The van der Waals surface area contributed by atoms with Crippen molar-refractivity contribution in [3.05, 3.63) is 41.2 Å². The molecule has 5 rings (SSSR count). The van der Waals surface area contributed by atoms with Crippen LogP contribution in [0.1, 0.15) is 32.0 Å². The van der Waals surface area contributed by atoms with Crippen LogP contribution in [-0.4, -0.2) is 54.1 Å². The topological polar surface area (TPSA) is 49.4 Å². The van der Waals surface area contributed by atoms with E-state index in [4.69, 9.17) is 0 Å². The summed E-state index contributed by atoms with van der Waals surface area (Å²) in [6.07, 6.45) is 7.43. The van der Waals surface area contributed by atoms with Crippen LogP contribution in [0.25, 0.3) is 16.6 Å². The van der Waals surface area contributed by atoms with Gasteiger partial charge in [-0.2, -0.15) is 4.31 Å². The zero-order valence-corrected chi connectivity index (χ0v) is 19.3. The Labute approximate surface area is 182 Å². The van der Waals surface area contributed by atoms with E-state index >= 15 is 0 Å². The van der Waals surface area contributed by atoms with Gasteiger partial charge >= 0.3 is 0 Å². The maximum atomic E-state index is 13.0. The molecule has 0 unspecified atom stereocenters. The summed E-state index contributed by atoms with van der Waals surface area (Å²) >= 11 is 1.92. The summed E-state index contributed by atoms with van der Waals surface area (Å²) in [5.41, 5.74) is 3.40. The van der Waals surface area contributed by atoms with Gasteiger partial charge in [-0.25, -0.2) is 17.6 Å². The second-order valence-corrected chi connectivity index (χ2v) is 11.2. The molecule has 0 N–H and O–H groups in total. The van der Waals surface area contributed by atoms with Crippen molar-refractivity contribution >= 4 is 38.4 Å². The zero-order chi connectivity index (χ0) is 20.9. The smallest absolute Gasteiger partial charge is 0.285 e. The maximum absolute atomic E-state index is 13.0. The van der Waals surface area contributed by atoms with Crippen molar-refractivity contribution < 1.29 is 13.0 Å². The van der Waals surface area contributed by atoms with Crippen molar-refractivity contribution in [3.8, 4) is 0 Å². The van der Waals surface area contributed by atoms with Crippen LogP contribution in [0.4, 0.5) is 0 Å². The minimum Gasteiger partial charge on any atom is -0.366 e. The number of hydrogen-bond donors (Lipinski definition) is 0. The minimum atomic E-state index is -3.40. The van der Waals surface area contributed by atoms with E-state index < -0.39 is 10.0 Å². The van der Waals surface area contributed by atoms with Gasteiger partial charge in [0, 0.05) is 50.0 Å². The number of hydrogen-bond acceptors (Lipinski definition) is 4. The average molecular weight is 446 g/mol. The molecule has 0 spiro atoms. The maximum Gasteiger partial charge on any atom is 0.285 e. The first-order chi connectivity index (χ1) is 14.5. The van der Waals surface area contributed by atoms with Gasteiger partial charge in [0.2, 0.25) is 10.0 Å². The van der Waals surface area contributed by atoms with Crippen molar-refractivity contribution in [3.63, 3.8) is 0 Å². The van der Waals surface area contributed by atoms with Crippen LogP contribution in [0.15, 0.2) is 40.3 Å². The number of sulfonamides is 1. The van der Waals surface area contributed by atoms with E-state index in [2.05, 4.69) is 40.2 Å². The van der Waals surface area contributed by atoms with Gasteiger partial charge < -0.3 is 4.90 Å². The largest absolute Gasteiger partial charge is 0.366 e. The third-order valence-corrected chi connectivity index (χ3v) is 9.47. The Bertz CT molecular complexity index is 1160. The monoisotopic (exact) mass is 445 g/mol. The van der Waals surface area contributed by atoms with Gasteiger partial charge in [0.05, 0.1) is 23.5 Å². The summed E-state index contributed by atoms with van der Waals surface area (Å²) in [5, 5.41) is 1.35. The molecule has 1 aromatic heterocycles. The van der Waals surface area contributed by atoms with E-state index in [1.165, 1.54) is 16.4 Å². The highest BCUT2D eigenvalue weighted by molar-refractivity contribution is 8.03. The number of fused-ring (bicyclic) bond motifs is 3. The average Bonchev–Trinajstić information content (AvgIpc) is 3.53. The highest BCUT2D eigenvalue weighted by Crippen LogP contribution is 2.33. The normalized spacial score (nSPS) is 22.8. The van der Waals surface area contributed by atoms with Crippen LogP contribution in [0.2, 0.25) is 0 Å². The van der Waals surface area contributed by atoms with E-state index in [-0.39, 0.29) is 0 Å². The molecule has 160 valence electrons. The van der Waals surface area contributed by atoms with Gasteiger partial charge in [-0.05, 0) is 44.1 Å². The molecule has 2 fully saturated rings. The van der Waals surface area contributed by atoms with Crippen molar-refractivity contribution in [2.75, 3.05) is 31.9 Å². The number of thioether (sulfide) groups is 1. The van der Waals surface area contributed by atoms with Crippen LogP contribution in [0.3, 0.4) is 0 Å². The first-order valence-corrected chi connectivity index (χ1v) is 13.2. The molecule has 30 heavy (non-hydrogen) atoms. The van der Waals surface area contributed by atoms with E-state index in [0.29, 0.717) is 18.0 Å². The lowest BCUT2D eigenvalue weighted by Gasteiger charge is -2.15. The molecule has 0 aliphatic carbocycles. The quantitative estimate of drug-likeness (QED) is 0.679. The van der Waals surface area contributed by atoms with E-state index in [9.17, 15) is 8.42 Å². The van der Waals surface area contributed by atoms with Crippen molar-refractivity contribution in [1.82, 2.24) is 13.8 Å². The summed E-state index contributed by atoms with van der Waals surface area (Å²) in [4.78, 5) is 2.83. The molecular weight excluding hydrogens is 416 g/mol. The molecule has 0 bridgehead atoms. The molecule has 6 nitrogen and oxygen atoms in total. The third-order valence-electron chi connectivity index (χ3n) is 6.50. The molecular formula is C22H29N4O2S2+. The first-order valence-electron chi connectivity index (χ1n) is 10.8. The van der Waals surface area contributed by atoms with E-state index in [1.807, 2.05) is 23.9 Å². The molecule has 3 aliphatic heterocycles. The molecule has 0 saturated carbocycles. The fourth-order valence-electron chi connectivity index (χ4n) is 4.87. The Balaban J connectivity index is 1.54. The van der Waals surface area contributed by atoms with Crippen LogP contribution in [0, 0.1) is 0 Å². The molecule has 8 heteroatoms. The van der Waals surface area contributed by atoms with Crippen LogP contribution in [-0.2, 0) is 23.6 Å². The summed E-state index contributed by atoms with van der Waals surface area (Å²) in [7, 11) is -1.35. The molecule has 2 aromatic rings. The second kappa shape index (κ2) is 7.73. The molecule has 0 radical (unpaired) electrons. The summed E-state index contributed by atoms with van der Waals surface area (Å²) in [6, 6.07) is 5.62. The van der Waals surface area contributed by atoms with Gasteiger partial charge in [-0.15, -0.1) is 11.8 Å². The van der Waals surface area contributed by atoms with E-state index in [1.54, 1.807) is 10.4 Å². The lowest BCUT2D eigenvalue weighted by Crippen LogP contribution is -2.32. The number of aromatic nitrogens is 2. The Morgan fingerprint density at radius 2 is 1.93 bits per heavy atom. The van der Waals surface area contributed by atoms with Crippen LogP contribution < -0.4 is 4.57 Å². The second-order valence-electron chi connectivity index (χ2n) is 8.17. The van der Waals surface area contributed by atoms with Crippen molar-refractivity contribution in [2.45, 2.75) is 37.6 Å². The number of rotatable bonds is 4. The van der Waals surface area contributed by atoms with Crippen molar-refractivity contribution in [1.29, 1.82) is 0 Å². The minimum absolute atomic E-state index is 0.408. The Morgan fingerprint density at radius 1 is 1.13 bits per heavy atom. The Morgan fingerprint density at radius 3 is 2.70 bits per heavy atom. The van der Waals surface area contributed by atoms with Gasteiger partial charge in [-0.3, -0.25) is 0 Å². The highest BCUT2D eigenvalue weighted by Gasteiger charge is 2.33. The lowest BCUT2D eigenvalue weighted by atomic mass is 10.2. The number of nitrogens with zero attached hydrogens (tertiary/aromatic N) is 4. The predicted octanol–water partition coefficient (Wildman–Crippen LogP) is 2.95. The van der Waals surface area contributed by atoms with Crippen LogP contribution >= 0.6 is 11.8 Å². The van der Waals surface area contributed by atoms with Gasteiger partial charge in [0.1, 0.15) is 0 Å². The van der Waals surface area contributed by atoms with Gasteiger partial charge in [0.25, 0.3) is 5.82 Å². The Hall–Kier alpha value is -1.77. The lowest BCUT2D eigenvalue weighted by molar-refractivity contribution is -0.647. The fraction of sp³-hybridized carbons (Fsp3) is 0.500. The van der Waals surface area contributed by atoms with Gasteiger partial charge in [0.15, 0.2) is 11.0 Å². The summed E-state index contributed by atoms with van der Waals surface area (Å²) in [6.45, 7) is 6.57. The van der Waals surface area contributed by atoms with Crippen LogP contribution in [0.5, 0.6) is 0 Å². The molecule has 1 aromatic carbocycles. The standard InChI is InChI=1S/C22H29N4O2S2/c1-3-24-14-15-29-21(24)9-6-17-10-13-26-19-8-7-18(16-20(19)23(2)22(17)26)30(27,28)25-11-4-5-12-25/h6-9,16H,3-5,10-15H2,1-2H3/q+1. The first kappa shape index (κ1) is 20.2. The fourth-order valence-corrected chi connectivity index (χ4v) is 7.49. The number of aryl methyl sites for hydroxylation is 2. The van der Waals surface area contributed by atoms with Gasteiger partial charge in [-0.1, -0.05) is 0 Å². The number of benzene rings is 1. The Kier molecular flexibility index (Phi) is 5.19. The number of allylic oxidation sites excluding steroid dienone is 3. The molecule has 0 atom stereocenters. The molecule has 3 aliphatic rings. The molecule has 0 amide bonds. The van der Waals surface area contributed by atoms with Crippen molar-refractivity contribution in [2.24, 2.45) is 7.05 Å². The number of imidazole rings is 1. The zero-order valence-electron chi connectivity index (χ0n) is 17.7. The molecule has 2 saturated heterocycles. The third kappa shape index (κ3) is 3.20. The van der Waals surface area contributed by atoms with E-state index in [0.717, 1.165) is 55.7 Å². The molecule has 4 heterocycles. The predicted molar refractivity (Wildman–Crippen MR) is 121 cm³/mol.